The molecule has 3 N–H and O–H groups in total. The van der Waals surface area contributed by atoms with Crippen LogP contribution >= 0.6 is 0 Å². The molecule has 0 saturated carbocycles. The van der Waals surface area contributed by atoms with Gasteiger partial charge in [-0.15, -0.1) is 0 Å². The number of nitrogens with one attached hydrogen (secondary N) is 1. The van der Waals surface area contributed by atoms with Crippen molar-refractivity contribution in [1.82, 2.24) is 10.2 Å². The molecule has 1 saturated heterocycles. The maximum Gasteiger partial charge on any atom is 0.252 e. The van der Waals surface area contributed by atoms with Gasteiger partial charge in [-0.2, -0.15) is 0 Å². The first kappa shape index (κ1) is 12.3. The highest BCUT2D eigenvalue weighted by Crippen LogP contribution is 2.13. The summed E-state index contributed by atoms with van der Waals surface area (Å²) in [4.78, 5) is 25.0. The predicted molar refractivity (Wildman–Crippen MR) is 64.3 cm³/mol. The number of nitrogen functional groups attached to an aromatic ring is 1. The van der Waals surface area contributed by atoms with Crippen molar-refractivity contribution >= 4 is 17.5 Å². The van der Waals surface area contributed by atoms with Gasteiger partial charge in [-0.25, -0.2) is 4.39 Å². The van der Waals surface area contributed by atoms with Crippen LogP contribution in [-0.2, 0) is 4.79 Å². The monoisotopic (exact) mass is 251 g/mol. The third-order valence-electron chi connectivity index (χ3n) is 3.00. The smallest absolute Gasteiger partial charge is 0.252 e. The summed E-state index contributed by atoms with van der Waals surface area (Å²) in [6, 6.07) is 3.29. The standard InChI is InChI=1S/C12H14FN3O2/c1-16-5-4-10(12(16)18)15-11(17)7-2-3-9(14)8(13)6-7/h2-3,6,10H,4-5,14H2,1H3,(H,15,17). The number of carbonyl (C=O) groups excluding carboxylic acids is 2. The summed E-state index contributed by atoms with van der Waals surface area (Å²) in [5.41, 5.74) is 5.47. The number of rotatable bonds is 2. The number of benzene rings is 1. The van der Waals surface area contributed by atoms with E-state index in [1.807, 2.05) is 0 Å². The third kappa shape index (κ3) is 2.27. The fourth-order valence-electron chi connectivity index (χ4n) is 1.87. The third-order valence-corrected chi connectivity index (χ3v) is 3.00. The maximum atomic E-state index is 13.2. The molecule has 2 amide bonds. The van der Waals surface area contributed by atoms with Gasteiger partial charge in [0, 0.05) is 19.2 Å². The average molecular weight is 251 g/mol. The van der Waals surface area contributed by atoms with E-state index in [0.29, 0.717) is 13.0 Å². The molecule has 96 valence electrons. The van der Waals surface area contributed by atoms with E-state index in [-0.39, 0.29) is 17.2 Å². The predicted octanol–water partition coefficient (Wildman–Crippen LogP) is 0.368. The van der Waals surface area contributed by atoms with E-state index in [4.69, 9.17) is 5.73 Å². The van der Waals surface area contributed by atoms with Gasteiger partial charge in [0.05, 0.1) is 5.69 Å². The fourth-order valence-corrected chi connectivity index (χ4v) is 1.87. The van der Waals surface area contributed by atoms with Crippen molar-refractivity contribution in [2.45, 2.75) is 12.5 Å². The summed E-state index contributed by atoms with van der Waals surface area (Å²) in [5.74, 6) is -1.24. The van der Waals surface area contributed by atoms with E-state index >= 15 is 0 Å². The van der Waals surface area contributed by atoms with Crippen LogP contribution in [0.1, 0.15) is 16.8 Å². The zero-order valence-corrected chi connectivity index (χ0v) is 9.94. The second-order valence-electron chi connectivity index (χ2n) is 4.31. The second-order valence-corrected chi connectivity index (χ2v) is 4.31. The molecule has 1 aromatic carbocycles. The van der Waals surface area contributed by atoms with E-state index in [1.165, 1.54) is 12.1 Å². The summed E-state index contributed by atoms with van der Waals surface area (Å²) < 4.78 is 13.2. The largest absolute Gasteiger partial charge is 0.396 e. The van der Waals surface area contributed by atoms with Gasteiger partial charge in [-0.1, -0.05) is 0 Å². The van der Waals surface area contributed by atoms with Crippen LogP contribution in [0.25, 0.3) is 0 Å². The maximum absolute atomic E-state index is 13.2. The Balaban J connectivity index is 2.08. The van der Waals surface area contributed by atoms with Crippen LogP contribution in [-0.4, -0.2) is 36.3 Å². The average Bonchev–Trinajstić information content (AvgIpc) is 2.64. The highest BCUT2D eigenvalue weighted by atomic mass is 19.1. The van der Waals surface area contributed by atoms with Gasteiger partial charge in [0.2, 0.25) is 5.91 Å². The quantitative estimate of drug-likeness (QED) is 0.746. The first-order valence-electron chi connectivity index (χ1n) is 5.60. The Morgan fingerprint density at radius 2 is 2.28 bits per heavy atom. The Labute approximate surface area is 104 Å². The molecule has 1 fully saturated rings. The number of amides is 2. The van der Waals surface area contributed by atoms with Crippen molar-refractivity contribution in [2.24, 2.45) is 0 Å². The van der Waals surface area contributed by atoms with Gasteiger partial charge >= 0.3 is 0 Å². The number of anilines is 1. The molecule has 0 aromatic heterocycles. The molecule has 1 aliphatic heterocycles. The lowest BCUT2D eigenvalue weighted by molar-refractivity contribution is -0.128. The Morgan fingerprint density at radius 3 is 2.83 bits per heavy atom. The molecule has 18 heavy (non-hydrogen) atoms. The van der Waals surface area contributed by atoms with Crippen molar-refractivity contribution < 1.29 is 14.0 Å². The number of carbonyl (C=O) groups is 2. The molecule has 1 unspecified atom stereocenters. The first-order chi connectivity index (χ1) is 8.49. The summed E-state index contributed by atoms with van der Waals surface area (Å²) in [7, 11) is 1.68. The summed E-state index contributed by atoms with van der Waals surface area (Å²) in [6.07, 6.45) is 0.568. The minimum atomic E-state index is -0.641. The lowest BCUT2D eigenvalue weighted by atomic mass is 10.1. The van der Waals surface area contributed by atoms with Gasteiger partial charge < -0.3 is 16.0 Å². The Hall–Kier alpha value is -2.11. The van der Waals surface area contributed by atoms with Gasteiger partial charge in [-0.3, -0.25) is 9.59 Å². The van der Waals surface area contributed by atoms with Crippen LogP contribution in [0.5, 0.6) is 0 Å². The molecule has 0 aliphatic carbocycles. The van der Waals surface area contributed by atoms with Crippen molar-refractivity contribution in [3.8, 4) is 0 Å². The summed E-state index contributed by atoms with van der Waals surface area (Å²) >= 11 is 0. The molecular weight excluding hydrogens is 237 g/mol. The zero-order chi connectivity index (χ0) is 13.3. The van der Waals surface area contributed by atoms with Crippen LogP contribution in [0.15, 0.2) is 18.2 Å². The number of likely N-dealkylation sites (N-methyl/N-ethyl adjacent to an activating group) is 1. The van der Waals surface area contributed by atoms with E-state index in [0.717, 1.165) is 6.07 Å². The number of hydrogen-bond acceptors (Lipinski definition) is 3. The Bertz CT molecular complexity index is 504. The van der Waals surface area contributed by atoms with Crippen LogP contribution < -0.4 is 11.1 Å². The van der Waals surface area contributed by atoms with Crippen molar-refractivity contribution in [3.63, 3.8) is 0 Å². The lowest BCUT2D eigenvalue weighted by Gasteiger charge is -2.12. The van der Waals surface area contributed by atoms with Gasteiger partial charge in [0.25, 0.3) is 5.91 Å². The van der Waals surface area contributed by atoms with Crippen LogP contribution in [0, 0.1) is 5.82 Å². The van der Waals surface area contributed by atoms with E-state index in [2.05, 4.69) is 5.32 Å². The molecule has 1 aromatic rings. The molecular formula is C12H14FN3O2. The molecule has 0 spiro atoms. The lowest BCUT2D eigenvalue weighted by Crippen LogP contribution is -2.40. The van der Waals surface area contributed by atoms with Gasteiger partial charge in [-0.05, 0) is 24.6 Å². The summed E-state index contributed by atoms with van der Waals surface area (Å²) in [5, 5.41) is 2.58. The topological polar surface area (TPSA) is 75.4 Å². The highest BCUT2D eigenvalue weighted by Gasteiger charge is 2.30. The molecule has 2 rings (SSSR count). The molecule has 1 heterocycles. The van der Waals surface area contributed by atoms with Crippen LogP contribution in [0.3, 0.4) is 0 Å². The van der Waals surface area contributed by atoms with Crippen molar-refractivity contribution in [2.75, 3.05) is 19.3 Å². The van der Waals surface area contributed by atoms with Crippen LogP contribution in [0.4, 0.5) is 10.1 Å². The number of nitrogens with zero attached hydrogens (tertiary/aromatic N) is 1. The van der Waals surface area contributed by atoms with Crippen molar-refractivity contribution in [1.29, 1.82) is 0 Å². The molecule has 1 atom stereocenters. The Kier molecular flexibility index (Phi) is 3.18. The van der Waals surface area contributed by atoms with Gasteiger partial charge in [0.15, 0.2) is 0 Å². The zero-order valence-electron chi connectivity index (χ0n) is 9.94. The normalized spacial score (nSPS) is 19.1. The van der Waals surface area contributed by atoms with Gasteiger partial charge in [0.1, 0.15) is 11.9 Å². The number of nitrogens with two attached hydrogens (primary N) is 1. The first-order valence-corrected chi connectivity index (χ1v) is 5.60. The SMILES string of the molecule is CN1CCC(NC(=O)c2ccc(N)c(F)c2)C1=O. The minimum Gasteiger partial charge on any atom is -0.396 e. The fraction of sp³-hybridized carbons (Fsp3) is 0.333. The Morgan fingerprint density at radius 1 is 1.56 bits per heavy atom. The molecule has 1 aliphatic rings. The molecule has 0 bridgehead atoms. The van der Waals surface area contributed by atoms with E-state index < -0.39 is 17.8 Å². The number of halogens is 1. The van der Waals surface area contributed by atoms with E-state index in [1.54, 1.807) is 11.9 Å². The van der Waals surface area contributed by atoms with Crippen LogP contribution in [0.2, 0.25) is 0 Å². The van der Waals surface area contributed by atoms with E-state index in [9.17, 15) is 14.0 Å². The minimum absolute atomic E-state index is 0.0109. The molecule has 5 nitrogen and oxygen atoms in total. The van der Waals surface area contributed by atoms with Crippen molar-refractivity contribution in [3.05, 3.63) is 29.6 Å². The summed E-state index contributed by atoms with van der Waals surface area (Å²) in [6.45, 7) is 0.611. The molecule has 0 radical (unpaired) electrons. The number of likely N-dealkylation sites (tertiary alicyclic amines) is 1. The molecule has 6 heteroatoms. The highest BCUT2D eigenvalue weighted by molar-refractivity contribution is 5.98. The number of hydrogen-bond donors (Lipinski definition) is 2. The second kappa shape index (κ2) is 4.64.